The standard InChI is InChI=1S/C17H15F4N5OS/c1-8-11(6-23-26(8)7-17(2,20)21)24-15(27)13-14(22)28-16(25-13)12-9(18)4-3-5-10(12)19/h3-6H,7,22H2,1-2H3,(H,24,27). The van der Waals surface area contributed by atoms with E-state index in [0.29, 0.717) is 5.69 Å². The van der Waals surface area contributed by atoms with Crippen LogP contribution in [0.2, 0.25) is 0 Å². The van der Waals surface area contributed by atoms with Gasteiger partial charge in [-0.2, -0.15) is 5.10 Å². The number of halogens is 4. The lowest BCUT2D eigenvalue weighted by Gasteiger charge is -2.11. The van der Waals surface area contributed by atoms with Crippen molar-refractivity contribution in [3.8, 4) is 10.6 Å². The van der Waals surface area contributed by atoms with Crippen molar-refractivity contribution in [2.75, 3.05) is 11.1 Å². The number of hydrogen-bond acceptors (Lipinski definition) is 5. The molecule has 2 heterocycles. The number of thiazole rings is 1. The Labute approximate surface area is 161 Å². The number of hydrogen-bond donors (Lipinski definition) is 2. The Morgan fingerprint density at radius 2 is 1.96 bits per heavy atom. The Bertz CT molecular complexity index is 1020. The van der Waals surface area contributed by atoms with E-state index in [9.17, 15) is 22.4 Å². The van der Waals surface area contributed by atoms with Crippen LogP contribution in [0.4, 0.5) is 28.3 Å². The number of benzene rings is 1. The summed E-state index contributed by atoms with van der Waals surface area (Å²) in [6.07, 6.45) is 1.22. The van der Waals surface area contributed by atoms with Crippen molar-refractivity contribution in [1.29, 1.82) is 0 Å². The Morgan fingerprint density at radius 1 is 1.32 bits per heavy atom. The molecule has 0 spiro atoms. The highest BCUT2D eigenvalue weighted by atomic mass is 32.1. The predicted molar refractivity (Wildman–Crippen MR) is 97.4 cm³/mol. The molecule has 0 saturated carbocycles. The predicted octanol–water partition coefficient (Wildman–Crippen LogP) is 4.08. The fraction of sp³-hybridized carbons (Fsp3) is 0.235. The van der Waals surface area contributed by atoms with Crippen LogP contribution in [0.5, 0.6) is 0 Å². The van der Waals surface area contributed by atoms with Crippen molar-refractivity contribution in [1.82, 2.24) is 14.8 Å². The molecule has 3 N–H and O–H groups in total. The number of anilines is 2. The van der Waals surface area contributed by atoms with Crippen LogP contribution in [0.1, 0.15) is 23.1 Å². The average molecular weight is 413 g/mol. The zero-order chi connectivity index (χ0) is 20.6. The average Bonchev–Trinajstić information content (AvgIpc) is 3.11. The molecule has 1 aromatic carbocycles. The molecule has 3 rings (SSSR count). The van der Waals surface area contributed by atoms with Crippen LogP contribution in [0.3, 0.4) is 0 Å². The third-order valence-electron chi connectivity index (χ3n) is 3.82. The molecule has 0 aliphatic heterocycles. The van der Waals surface area contributed by atoms with Gasteiger partial charge in [0.1, 0.15) is 28.2 Å². The number of aromatic nitrogens is 3. The minimum atomic E-state index is -2.98. The minimum Gasteiger partial charge on any atom is -0.389 e. The summed E-state index contributed by atoms with van der Waals surface area (Å²) in [7, 11) is 0. The van der Waals surface area contributed by atoms with E-state index in [1.54, 1.807) is 0 Å². The summed E-state index contributed by atoms with van der Waals surface area (Å²) in [6.45, 7) is 1.62. The zero-order valence-electron chi connectivity index (χ0n) is 14.8. The zero-order valence-corrected chi connectivity index (χ0v) is 15.6. The lowest BCUT2D eigenvalue weighted by atomic mass is 10.2. The van der Waals surface area contributed by atoms with Crippen LogP contribution in [-0.2, 0) is 6.54 Å². The number of rotatable bonds is 5. The van der Waals surface area contributed by atoms with E-state index < -0.39 is 30.0 Å². The first kappa shape index (κ1) is 19.8. The summed E-state index contributed by atoms with van der Waals surface area (Å²) < 4.78 is 55.3. The van der Waals surface area contributed by atoms with Crippen LogP contribution in [0.15, 0.2) is 24.4 Å². The third kappa shape index (κ3) is 3.98. The first-order valence-electron chi connectivity index (χ1n) is 7.99. The maximum absolute atomic E-state index is 13.9. The monoisotopic (exact) mass is 413 g/mol. The van der Waals surface area contributed by atoms with Crippen molar-refractivity contribution in [2.24, 2.45) is 0 Å². The summed E-state index contributed by atoms with van der Waals surface area (Å²) >= 11 is 0.758. The van der Waals surface area contributed by atoms with Gasteiger partial charge in [0.25, 0.3) is 11.8 Å². The molecule has 28 heavy (non-hydrogen) atoms. The number of amides is 1. The number of nitrogens with one attached hydrogen (secondary N) is 1. The van der Waals surface area contributed by atoms with Gasteiger partial charge in [-0.05, 0) is 19.1 Å². The van der Waals surface area contributed by atoms with E-state index >= 15 is 0 Å². The molecule has 0 saturated heterocycles. The summed E-state index contributed by atoms with van der Waals surface area (Å²) in [4.78, 5) is 16.4. The third-order valence-corrected chi connectivity index (χ3v) is 4.73. The van der Waals surface area contributed by atoms with Crippen molar-refractivity contribution in [3.63, 3.8) is 0 Å². The molecule has 0 bridgehead atoms. The number of nitrogens with zero attached hydrogens (tertiary/aromatic N) is 3. The van der Waals surface area contributed by atoms with E-state index in [0.717, 1.165) is 35.1 Å². The van der Waals surface area contributed by atoms with Crippen LogP contribution in [0.25, 0.3) is 10.6 Å². The molecular formula is C17H15F4N5OS. The van der Waals surface area contributed by atoms with E-state index in [1.807, 2.05) is 0 Å². The minimum absolute atomic E-state index is 0.0414. The molecule has 0 fully saturated rings. The second kappa shape index (κ2) is 7.23. The first-order chi connectivity index (χ1) is 13.1. The quantitative estimate of drug-likeness (QED) is 0.617. The van der Waals surface area contributed by atoms with E-state index in [1.165, 1.54) is 19.2 Å². The van der Waals surface area contributed by atoms with Gasteiger partial charge in [-0.15, -0.1) is 0 Å². The fourth-order valence-corrected chi connectivity index (χ4v) is 3.35. The van der Waals surface area contributed by atoms with Crippen LogP contribution in [-0.4, -0.2) is 26.6 Å². The molecule has 3 aromatic rings. The first-order valence-corrected chi connectivity index (χ1v) is 8.80. The molecule has 1 amide bonds. The Morgan fingerprint density at radius 3 is 2.57 bits per heavy atom. The lowest BCUT2D eigenvalue weighted by Crippen LogP contribution is -2.21. The van der Waals surface area contributed by atoms with Gasteiger partial charge in [-0.1, -0.05) is 17.4 Å². The smallest absolute Gasteiger partial charge is 0.277 e. The number of alkyl halides is 2. The van der Waals surface area contributed by atoms with E-state index in [-0.39, 0.29) is 27.0 Å². The highest BCUT2D eigenvalue weighted by Crippen LogP contribution is 2.33. The summed E-state index contributed by atoms with van der Waals surface area (Å²) in [5.74, 6) is -5.39. The molecule has 0 radical (unpaired) electrons. The Balaban J connectivity index is 1.86. The molecule has 2 aromatic heterocycles. The van der Waals surface area contributed by atoms with Gasteiger partial charge in [0.15, 0.2) is 5.69 Å². The molecule has 0 aliphatic carbocycles. The van der Waals surface area contributed by atoms with Gasteiger partial charge in [-0.3, -0.25) is 9.48 Å². The lowest BCUT2D eigenvalue weighted by molar-refractivity contribution is 0.0000348. The topological polar surface area (TPSA) is 85.8 Å². The van der Waals surface area contributed by atoms with Crippen molar-refractivity contribution < 1.29 is 22.4 Å². The number of nitrogens with two attached hydrogens (primary N) is 1. The largest absolute Gasteiger partial charge is 0.389 e. The molecular weight excluding hydrogens is 398 g/mol. The van der Waals surface area contributed by atoms with Gasteiger partial charge in [0, 0.05) is 6.92 Å². The van der Waals surface area contributed by atoms with Gasteiger partial charge in [0.05, 0.1) is 23.1 Å². The van der Waals surface area contributed by atoms with Gasteiger partial charge < -0.3 is 11.1 Å². The van der Waals surface area contributed by atoms with E-state index in [2.05, 4.69) is 15.4 Å². The van der Waals surface area contributed by atoms with Gasteiger partial charge >= 0.3 is 0 Å². The summed E-state index contributed by atoms with van der Waals surface area (Å²) in [5, 5.41) is 6.17. The highest BCUT2D eigenvalue weighted by Gasteiger charge is 2.25. The molecule has 0 atom stereocenters. The normalized spacial score (nSPS) is 11.6. The number of nitrogen functional groups attached to an aromatic ring is 1. The highest BCUT2D eigenvalue weighted by molar-refractivity contribution is 7.19. The molecule has 0 aliphatic rings. The number of carbonyl (C=O) groups is 1. The second-order valence-corrected chi connectivity index (χ2v) is 7.18. The molecule has 6 nitrogen and oxygen atoms in total. The fourth-order valence-electron chi connectivity index (χ4n) is 2.48. The van der Waals surface area contributed by atoms with E-state index in [4.69, 9.17) is 5.73 Å². The molecule has 0 unspecified atom stereocenters. The van der Waals surface area contributed by atoms with Crippen molar-refractivity contribution in [2.45, 2.75) is 26.3 Å². The summed E-state index contributed by atoms with van der Waals surface area (Å²) in [6, 6.07) is 3.34. The Hall–Kier alpha value is -2.95. The van der Waals surface area contributed by atoms with Gasteiger partial charge in [-0.25, -0.2) is 22.5 Å². The van der Waals surface area contributed by atoms with Crippen LogP contribution >= 0.6 is 11.3 Å². The SMILES string of the molecule is Cc1c(NC(=O)c2nc(-c3c(F)cccc3F)sc2N)cnn1CC(C)(F)F. The maximum atomic E-state index is 13.9. The Kier molecular flexibility index (Phi) is 5.11. The van der Waals surface area contributed by atoms with Crippen molar-refractivity contribution >= 4 is 27.9 Å². The number of carbonyl (C=O) groups excluding carboxylic acids is 1. The molecule has 148 valence electrons. The van der Waals surface area contributed by atoms with Crippen LogP contribution < -0.4 is 11.1 Å². The molecule has 11 heteroatoms. The van der Waals surface area contributed by atoms with Crippen molar-refractivity contribution in [3.05, 3.63) is 47.4 Å². The maximum Gasteiger partial charge on any atom is 0.277 e. The van der Waals surface area contributed by atoms with Crippen LogP contribution in [0, 0.1) is 18.6 Å². The second-order valence-electron chi connectivity index (χ2n) is 6.15. The summed E-state index contributed by atoms with van der Waals surface area (Å²) in [5.41, 5.74) is 5.69. The van der Waals surface area contributed by atoms with Gasteiger partial charge in [0.2, 0.25) is 0 Å².